The maximum Gasteiger partial charge on any atom is 0.229 e. The average Bonchev–Trinajstić information content (AvgIpc) is 2.57. The van der Waals surface area contributed by atoms with E-state index in [1.54, 1.807) is 6.07 Å². The quantitative estimate of drug-likeness (QED) is 0.909. The summed E-state index contributed by atoms with van der Waals surface area (Å²) in [6.45, 7) is 5.68. The topological polar surface area (TPSA) is 80.4 Å². The highest BCUT2D eigenvalue weighted by Gasteiger charge is 2.16. The molecule has 1 aliphatic heterocycles. The minimum Gasteiger partial charge on any atom is -0.383 e. The number of aromatic nitrogens is 3. The Labute approximate surface area is 136 Å². The SMILES string of the molecule is Cc1cccnc1CN(C)c1cc(N)nc(N2CCOCC2)n1. The fourth-order valence-electron chi connectivity index (χ4n) is 2.53. The van der Waals surface area contributed by atoms with Crippen molar-refractivity contribution in [1.29, 1.82) is 0 Å². The molecule has 7 heteroatoms. The van der Waals surface area contributed by atoms with Crippen LogP contribution in [0.25, 0.3) is 0 Å². The molecule has 0 saturated carbocycles. The van der Waals surface area contributed by atoms with Crippen LogP contribution in [0.2, 0.25) is 0 Å². The van der Waals surface area contributed by atoms with Gasteiger partial charge in [-0.15, -0.1) is 0 Å². The summed E-state index contributed by atoms with van der Waals surface area (Å²) in [5, 5.41) is 0. The second-order valence-corrected chi connectivity index (χ2v) is 5.67. The molecule has 122 valence electrons. The van der Waals surface area contributed by atoms with E-state index in [-0.39, 0.29) is 0 Å². The van der Waals surface area contributed by atoms with Crippen molar-refractivity contribution in [2.45, 2.75) is 13.5 Å². The summed E-state index contributed by atoms with van der Waals surface area (Å²) in [5.74, 6) is 1.93. The molecule has 2 aromatic heterocycles. The lowest BCUT2D eigenvalue weighted by atomic mass is 10.2. The summed E-state index contributed by atoms with van der Waals surface area (Å²) in [5.41, 5.74) is 8.17. The molecule has 1 fully saturated rings. The summed E-state index contributed by atoms with van der Waals surface area (Å²) in [6.07, 6.45) is 1.81. The first-order valence-corrected chi connectivity index (χ1v) is 7.72. The third-order valence-electron chi connectivity index (χ3n) is 3.91. The highest BCUT2D eigenvalue weighted by molar-refractivity contribution is 5.52. The van der Waals surface area contributed by atoms with Crippen LogP contribution in [0.1, 0.15) is 11.3 Å². The largest absolute Gasteiger partial charge is 0.383 e. The van der Waals surface area contributed by atoms with E-state index in [2.05, 4.69) is 32.8 Å². The lowest BCUT2D eigenvalue weighted by Gasteiger charge is -2.28. The van der Waals surface area contributed by atoms with Gasteiger partial charge >= 0.3 is 0 Å². The Hall–Kier alpha value is -2.41. The van der Waals surface area contributed by atoms with Gasteiger partial charge in [0.1, 0.15) is 11.6 Å². The molecule has 2 aromatic rings. The molecule has 0 bridgehead atoms. The predicted octanol–water partition coefficient (Wildman–Crippen LogP) is 1.24. The van der Waals surface area contributed by atoms with Gasteiger partial charge in [-0.05, 0) is 18.6 Å². The van der Waals surface area contributed by atoms with Gasteiger partial charge in [-0.25, -0.2) is 0 Å². The van der Waals surface area contributed by atoms with E-state index in [1.165, 1.54) is 0 Å². The van der Waals surface area contributed by atoms with Crippen molar-refractivity contribution < 1.29 is 4.74 Å². The fourth-order valence-corrected chi connectivity index (χ4v) is 2.53. The monoisotopic (exact) mass is 314 g/mol. The Bertz CT molecular complexity index is 671. The third-order valence-corrected chi connectivity index (χ3v) is 3.91. The molecule has 3 rings (SSSR count). The normalized spacial score (nSPS) is 14.8. The highest BCUT2D eigenvalue weighted by Crippen LogP contribution is 2.20. The van der Waals surface area contributed by atoms with E-state index in [9.17, 15) is 0 Å². The number of pyridine rings is 1. The van der Waals surface area contributed by atoms with Crippen LogP contribution in [0.5, 0.6) is 0 Å². The van der Waals surface area contributed by atoms with Crippen LogP contribution >= 0.6 is 0 Å². The van der Waals surface area contributed by atoms with E-state index in [0.717, 1.165) is 30.2 Å². The molecule has 7 nitrogen and oxygen atoms in total. The molecule has 0 atom stereocenters. The Balaban J connectivity index is 1.81. The molecule has 0 amide bonds. The zero-order chi connectivity index (χ0) is 16.2. The van der Waals surface area contributed by atoms with E-state index in [0.29, 0.717) is 31.5 Å². The number of hydrogen-bond acceptors (Lipinski definition) is 7. The molecule has 0 aliphatic carbocycles. The van der Waals surface area contributed by atoms with Crippen molar-refractivity contribution in [2.24, 2.45) is 0 Å². The van der Waals surface area contributed by atoms with Crippen LogP contribution in [0, 0.1) is 6.92 Å². The van der Waals surface area contributed by atoms with Crippen LogP contribution in [0.4, 0.5) is 17.6 Å². The number of nitrogens with zero attached hydrogens (tertiary/aromatic N) is 5. The summed E-state index contributed by atoms with van der Waals surface area (Å²) < 4.78 is 5.37. The molecule has 2 N–H and O–H groups in total. The van der Waals surface area contributed by atoms with Gasteiger partial charge in [0.2, 0.25) is 5.95 Å². The predicted molar refractivity (Wildman–Crippen MR) is 90.6 cm³/mol. The minimum absolute atomic E-state index is 0.473. The van der Waals surface area contributed by atoms with Crippen molar-refractivity contribution in [1.82, 2.24) is 15.0 Å². The van der Waals surface area contributed by atoms with Crippen LogP contribution < -0.4 is 15.5 Å². The average molecular weight is 314 g/mol. The van der Waals surface area contributed by atoms with Gasteiger partial charge in [0, 0.05) is 32.4 Å². The first-order valence-electron chi connectivity index (χ1n) is 7.72. The second-order valence-electron chi connectivity index (χ2n) is 5.67. The molecule has 0 unspecified atom stereocenters. The molecule has 23 heavy (non-hydrogen) atoms. The van der Waals surface area contributed by atoms with Crippen LogP contribution in [-0.4, -0.2) is 48.3 Å². The first kappa shape index (κ1) is 15.5. The van der Waals surface area contributed by atoms with Crippen LogP contribution in [0.3, 0.4) is 0 Å². The number of nitrogen functional groups attached to an aromatic ring is 1. The van der Waals surface area contributed by atoms with Crippen molar-refractivity contribution in [2.75, 3.05) is 48.9 Å². The molecular weight excluding hydrogens is 292 g/mol. The second kappa shape index (κ2) is 6.78. The van der Waals surface area contributed by atoms with Crippen LogP contribution in [0.15, 0.2) is 24.4 Å². The van der Waals surface area contributed by atoms with Gasteiger partial charge in [-0.2, -0.15) is 9.97 Å². The maximum absolute atomic E-state index is 5.98. The number of rotatable bonds is 4. The standard InChI is InChI=1S/C16H22N6O/c1-12-4-3-5-18-13(12)11-21(2)15-10-14(17)19-16(20-15)22-6-8-23-9-7-22/h3-5,10H,6-9,11H2,1-2H3,(H2,17,19,20). The van der Waals surface area contributed by atoms with Gasteiger partial charge in [-0.3, -0.25) is 4.98 Å². The zero-order valence-electron chi connectivity index (χ0n) is 13.6. The molecule has 0 spiro atoms. The van der Waals surface area contributed by atoms with E-state index >= 15 is 0 Å². The van der Waals surface area contributed by atoms with Gasteiger partial charge < -0.3 is 20.3 Å². The molecule has 3 heterocycles. The van der Waals surface area contributed by atoms with E-state index < -0.39 is 0 Å². The first-order chi connectivity index (χ1) is 11.1. The number of hydrogen-bond donors (Lipinski definition) is 1. The Kier molecular flexibility index (Phi) is 4.57. The molecule has 0 radical (unpaired) electrons. The number of aryl methyl sites for hydroxylation is 1. The summed E-state index contributed by atoms with van der Waals surface area (Å²) >= 11 is 0. The number of ether oxygens (including phenoxy) is 1. The van der Waals surface area contributed by atoms with Gasteiger partial charge in [0.15, 0.2) is 0 Å². The van der Waals surface area contributed by atoms with Crippen LogP contribution in [-0.2, 0) is 11.3 Å². The van der Waals surface area contributed by atoms with Gasteiger partial charge in [0.05, 0.1) is 25.5 Å². The Morgan fingerprint density at radius 1 is 1.30 bits per heavy atom. The summed E-state index contributed by atoms with van der Waals surface area (Å²) in [6, 6.07) is 5.80. The highest BCUT2D eigenvalue weighted by atomic mass is 16.5. The molecule has 1 aliphatic rings. The zero-order valence-corrected chi connectivity index (χ0v) is 13.6. The number of nitrogens with two attached hydrogens (primary N) is 1. The van der Waals surface area contributed by atoms with Crippen molar-refractivity contribution in [3.63, 3.8) is 0 Å². The number of anilines is 3. The lowest BCUT2D eigenvalue weighted by Crippen LogP contribution is -2.37. The van der Waals surface area contributed by atoms with Crippen molar-refractivity contribution >= 4 is 17.6 Å². The van der Waals surface area contributed by atoms with Crippen molar-refractivity contribution in [3.8, 4) is 0 Å². The third kappa shape index (κ3) is 3.68. The molecular formula is C16H22N6O. The molecule has 0 aromatic carbocycles. The number of morpholine rings is 1. The smallest absolute Gasteiger partial charge is 0.229 e. The Morgan fingerprint density at radius 3 is 2.83 bits per heavy atom. The fraction of sp³-hybridized carbons (Fsp3) is 0.438. The summed E-state index contributed by atoms with van der Waals surface area (Å²) in [7, 11) is 1.99. The summed E-state index contributed by atoms with van der Waals surface area (Å²) in [4.78, 5) is 17.6. The van der Waals surface area contributed by atoms with Gasteiger partial charge in [0.25, 0.3) is 0 Å². The molecule has 1 saturated heterocycles. The minimum atomic E-state index is 0.473. The maximum atomic E-state index is 5.98. The van der Waals surface area contributed by atoms with Crippen molar-refractivity contribution in [3.05, 3.63) is 35.7 Å². The lowest BCUT2D eigenvalue weighted by molar-refractivity contribution is 0.122. The Morgan fingerprint density at radius 2 is 2.09 bits per heavy atom. The van der Waals surface area contributed by atoms with E-state index in [1.807, 2.05) is 24.2 Å². The van der Waals surface area contributed by atoms with Gasteiger partial charge in [-0.1, -0.05) is 6.07 Å². The van der Waals surface area contributed by atoms with E-state index in [4.69, 9.17) is 10.5 Å².